The van der Waals surface area contributed by atoms with E-state index in [1.807, 2.05) is 0 Å². The molecule has 0 unspecified atom stereocenters. The Morgan fingerprint density at radius 2 is 1.78 bits per heavy atom. The molecule has 1 aliphatic carbocycles. The highest BCUT2D eigenvalue weighted by Gasteiger charge is 2.48. The van der Waals surface area contributed by atoms with Crippen LogP contribution in [-0.4, -0.2) is 26.6 Å². The molecule has 0 atom stereocenters. The number of halogens is 3. The van der Waals surface area contributed by atoms with Crippen LogP contribution in [0.1, 0.15) is 32.1 Å². The Bertz CT molecular complexity index is 382. The maximum Gasteiger partial charge on any atom is 0.534 e. The van der Waals surface area contributed by atoms with E-state index in [4.69, 9.17) is 4.74 Å². The van der Waals surface area contributed by atoms with Crippen molar-refractivity contribution < 1.29 is 30.5 Å². The lowest BCUT2D eigenvalue weighted by atomic mass is 9.98. The Morgan fingerprint density at radius 1 is 1.22 bits per heavy atom. The minimum absolute atomic E-state index is 0.0623. The molecule has 0 N–H and O–H groups in total. The van der Waals surface area contributed by atoms with Crippen LogP contribution in [-0.2, 0) is 19.0 Å². The zero-order valence-electron chi connectivity index (χ0n) is 9.70. The van der Waals surface area contributed by atoms with Gasteiger partial charge in [0.2, 0.25) is 0 Å². The van der Waals surface area contributed by atoms with Gasteiger partial charge in [0.15, 0.2) is 0 Å². The van der Waals surface area contributed by atoms with Crippen LogP contribution < -0.4 is 0 Å². The maximum absolute atomic E-state index is 12.0. The van der Waals surface area contributed by atoms with Gasteiger partial charge in [0, 0.05) is 0 Å². The van der Waals surface area contributed by atoms with Gasteiger partial charge in [0.25, 0.3) is 0 Å². The van der Waals surface area contributed by atoms with Crippen molar-refractivity contribution in [1.82, 2.24) is 0 Å². The third-order valence-corrected chi connectivity index (χ3v) is 3.57. The second-order valence-corrected chi connectivity index (χ2v) is 5.63. The van der Waals surface area contributed by atoms with Gasteiger partial charge in [0.05, 0.1) is 6.10 Å². The Kier molecular flexibility index (Phi) is 5.03. The van der Waals surface area contributed by atoms with E-state index in [9.17, 15) is 21.6 Å². The standard InChI is InChI=1S/C10H15F3O4S/c1-8(17-18(14,15)10(11,12)13)7-16-9-5-3-2-4-6-9/h9H,1-7H2. The number of rotatable bonds is 5. The van der Waals surface area contributed by atoms with E-state index < -0.39 is 21.4 Å². The number of hydrogen-bond donors (Lipinski definition) is 0. The van der Waals surface area contributed by atoms with Crippen molar-refractivity contribution in [2.75, 3.05) is 6.61 Å². The third-order valence-electron chi connectivity index (χ3n) is 2.54. The van der Waals surface area contributed by atoms with Gasteiger partial charge in [-0.15, -0.1) is 0 Å². The Morgan fingerprint density at radius 3 is 2.28 bits per heavy atom. The summed E-state index contributed by atoms with van der Waals surface area (Å²) in [5.41, 5.74) is -5.44. The van der Waals surface area contributed by atoms with Gasteiger partial charge >= 0.3 is 15.6 Å². The van der Waals surface area contributed by atoms with Crippen LogP contribution in [0.4, 0.5) is 13.2 Å². The number of alkyl halides is 3. The highest BCUT2D eigenvalue weighted by atomic mass is 32.2. The molecule has 0 radical (unpaired) electrons. The maximum atomic E-state index is 12.0. The van der Waals surface area contributed by atoms with Crippen LogP contribution in [0.15, 0.2) is 12.3 Å². The first-order chi connectivity index (χ1) is 8.22. The van der Waals surface area contributed by atoms with Gasteiger partial charge in [-0.25, -0.2) is 0 Å². The van der Waals surface area contributed by atoms with Crippen LogP contribution >= 0.6 is 0 Å². The fourth-order valence-corrected chi connectivity index (χ4v) is 2.12. The van der Waals surface area contributed by atoms with E-state index in [0.29, 0.717) is 0 Å². The zero-order chi connectivity index (χ0) is 13.8. The molecule has 0 aromatic carbocycles. The average Bonchev–Trinajstić information content (AvgIpc) is 2.26. The predicted octanol–water partition coefficient (Wildman–Crippen LogP) is 2.72. The summed E-state index contributed by atoms with van der Waals surface area (Å²) < 4.78 is 66.3. The lowest BCUT2D eigenvalue weighted by Crippen LogP contribution is -2.26. The fourth-order valence-electron chi connectivity index (χ4n) is 1.67. The fraction of sp³-hybridized carbons (Fsp3) is 0.800. The molecule has 0 saturated heterocycles. The van der Waals surface area contributed by atoms with Crippen molar-refractivity contribution in [1.29, 1.82) is 0 Å². The summed E-state index contributed by atoms with van der Waals surface area (Å²) in [5.74, 6) is -0.558. The topological polar surface area (TPSA) is 52.6 Å². The highest BCUT2D eigenvalue weighted by Crippen LogP contribution is 2.27. The molecular formula is C10H15F3O4S. The largest absolute Gasteiger partial charge is 0.534 e. The van der Waals surface area contributed by atoms with Crippen molar-refractivity contribution in [3.63, 3.8) is 0 Å². The lowest BCUT2D eigenvalue weighted by molar-refractivity contribution is -0.0535. The summed E-state index contributed by atoms with van der Waals surface area (Å²) in [6.07, 6.45) is 4.68. The molecule has 1 fully saturated rings. The summed E-state index contributed by atoms with van der Waals surface area (Å²) in [7, 11) is -5.63. The van der Waals surface area contributed by atoms with E-state index >= 15 is 0 Å². The van der Waals surface area contributed by atoms with Crippen molar-refractivity contribution in [2.45, 2.75) is 43.7 Å². The van der Waals surface area contributed by atoms with Crippen LogP contribution in [0, 0.1) is 0 Å². The van der Waals surface area contributed by atoms with Crippen LogP contribution in [0.3, 0.4) is 0 Å². The minimum Gasteiger partial charge on any atom is -0.379 e. The normalized spacial score (nSPS) is 18.6. The van der Waals surface area contributed by atoms with Crippen molar-refractivity contribution in [3.05, 3.63) is 12.3 Å². The van der Waals surface area contributed by atoms with Gasteiger partial charge < -0.3 is 8.92 Å². The van der Waals surface area contributed by atoms with Crippen molar-refractivity contribution >= 4 is 10.1 Å². The molecule has 1 rings (SSSR count). The second-order valence-electron chi connectivity index (χ2n) is 4.09. The van der Waals surface area contributed by atoms with Gasteiger partial charge in [-0.3, -0.25) is 0 Å². The molecule has 0 aromatic rings. The molecule has 0 amide bonds. The molecule has 4 nitrogen and oxygen atoms in total. The van der Waals surface area contributed by atoms with E-state index in [1.54, 1.807) is 0 Å². The minimum atomic E-state index is -5.63. The predicted molar refractivity (Wildman–Crippen MR) is 58.0 cm³/mol. The number of ether oxygens (including phenoxy) is 1. The van der Waals surface area contributed by atoms with Gasteiger partial charge in [-0.05, 0) is 12.8 Å². The highest BCUT2D eigenvalue weighted by molar-refractivity contribution is 7.87. The molecule has 1 saturated carbocycles. The SMILES string of the molecule is C=C(COC1CCCCC1)OS(=O)(=O)C(F)(F)F. The summed E-state index contributed by atoms with van der Waals surface area (Å²) >= 11 is 0. The van der Waals surface area contributed by atoms with Gasteiger partial charge in [-0.2, -0.15) is 21.6 Å². The van der Waals surface area contributed by atoms with E-state index in [0.717, 1.165) is 32.1 Å². The summed E-state index contributed by atoms with van der Waals surface area (Å²) in [6, 6.07) is 0. The second kappa shape index (κ2) is 5.92. The first kappa shape index (κ1) is 15.3. The molecule has 8 heteroatoms. The smallest absolute Gasteiger partial charge is 0.379 e. The molecule has 0 bridgehead atoms. The van der Waals surface area contributed by atoms with Crippen molar-refractivity contribution in [3.8, 4) is 0 Å². The summed E-state index contributed by atoms with van der Waals surface area (Å²) in [5, 5.41) is 0. The lowest BCUT2D eigenvalue weighted by Gasteiger charge is -2.22. The van der Waals surface area contributed by atoms with Gasteiger partial charge in [0.1, 0.15) is 12.4 Å². The Labute approximate surface area is 104 Å². The first-order valence-corrected chi connectivity index (χ1v) is 6.93. The zero-order valence-corrected chi connectivity index (χ0v) is 10.5. The van der Waals surface area contributed by atoms with Crippen LogP contribution in [0.2, 0.25) is 0 Å². The molecule has 0 heterocycles. The van der Waals surface area contributed by atoms with Gasteiger partial charge in [-0.1, -0.05) is 25.8 Å². The molecule has 1 aliphatic rings. The average molecular weight is 288 g/mol. The molecule has 0 aliphatic heterocycles. The Balaban J connectivity index is 2.38. The van der Waals surface area contributed by atoms with Crippen molar-refractivity contribution in [2.24, 2.45) is 0 Å². The first-order valence-electron chi connectivity index (χ1n) is 5.52. The van der Waals surface area contributed by atoms with Crippen LogP contribution in [0.5, 0.6) is 0 Å². The van der Waals surface area contributed by atoms with E-state index in [1.165, 1.54) is 0 Å². The molecule has 0 aromatic heterocycles. The molecule has 106 valence electrons. The van der Waals surface area contributed by atoms with E-state index in [2.05, 4.69) is 10.8 Å². The Hall–Kier alpha value is -0.760. The number of hydrogen-bond acceptors (Lipinski definition) is 4. The monoisotopic (exact) mass is 288 g/mol. The summed E-state index contributed by atoms with van der Waals surface area (Å²) in [6.45, 7) is 2.76. The molecular weight excluding hydrogens is 273 g/mol. The quantitative estimate of drug-likeness (QED) is 0.443. The molecule has 0 spiro atoms. The summed E-state index contributed by atoms with van der Waals surface area (Å²) in [4.78, 5) is 0. The molecule has 18 heavy (non-hydrogen) atoms. The van der Waals surface area contributed by atoms with E-state index in [-0.39, 0.29) is 12.7 Å². The third kappa shape index (κ3) is 4.49. The van der Waals surface area contributed by atoms with Crippen LogP contribution in [0.25, 0.3) is 0 Å².